The Balaban J connectivity index is 3.51. The number of halogens is 1. The van der Waals surface area contributed by atoms with E-state index >= 15 is 0 Å². The van der Waals surface area contributed by atoms with Gasteiger partial charge in [-0.3, -0.25) is 4.79 Å². The van der Waals surface area contributed by atoms with Gasteiger partial charge in [-0.25, -0.2) is 0 Å². The quantitative estimate of drug-likeness (QED) is 0.422. The van der Waals surface area contributed by atoms with Crippen LogP contribution >= 0.6 is 22.6 Å². The Kier molecular flexibility index (Phi) is 5.67. The maximum atomic E-state index is 10.8. The van der Waals surface area contributed by atoms with Gasteiger partial charge in [0, 0.05) is 18.0 Å². The van der Waals surface area contributed by atoms with Crippen LogP contribution in [0.5, 0.6) is 0 Å². The molecular formula is C7H12INO. The average Bonchev–Trinajstić information content (AvgIpc) is 1.98. The zero-order chi connectivity index (χ0) is 7.98. The normalized spacial score (nSPS) is 9.00. The summed E-state index contributed by atoms with van der Waals surface area (Å²) in [4.78, 5) is 12.5. The molecule has 0 aliphatic heterocycles. The van der Waals surface area contributed by atoms with E-state index in [0.29, 0.717) is 0 Å². The first kappa shape index (κ1) is 9.94. The van der Waals surface area contributed by atoms with Gasteiger partial charge in [0.2, 0.25) is 5.91 Å². The van der Waals surface area contributed by atoms with Gasteiger partial charge in [0.1, 0.15) is 0 Å². The van der Waals surface area contributed by atoms with Crippen molar-refractivity contribution in [2.75, 3.05) is 18.0 Å². The molecule has 0 N–H and O–H groups in total. The van der Waals surface area contributed by atoms with Gasteiger partial charge in [-0.15, -0.1) is 0 Å². The average molecular weight is 253 g/mol. The monoisotopic (exact) mass is 253 g/mol. The van der Waals surface area contributed by atoms with Gasteiger partial charge in [-0.2, -0.15) is 0 Å². The van der Waals surface area contributed by atoms with E-state index in [0.717, 1.165) is 17.4 Å². The molecule has 10 heavy (non-hydrogen) atoms. The molecule has 0 aromatic heterocycles. The Labute approximate surface area is 75.4 Å². The number of amides is 1. The molecule has 3 heteroatoms. The molecule has 0 saturated heterocycles. The van der Waals surface area contributed by atoms with Crippen LogP contribution in [0.1, 0.15) is 6.42 Å². The van der Waals surface area contributed by atoms with Gasteiger partial charge in [0.15, 0.2) is 0 Å². The highest BCUT2D eigenvalue weighted by atomic mass is 127. The third-order valence-electron chi connectivity index (χ3n) is 1.18. The number of nitrogens with zero attached hydrogens (tertiary/aromatic N) is 1. The predicted octanol–water partition coefficient (Wildman–Crippen LogP) is 1.46. The van der Waals surface area contributed by atoms with Gasteiger partial charge < -0.3 is 4.90 Å². The van der Waals surface area contributed by atoms with E-state index in [4.69, 9.17) is 0 Å². The molecule has 0 spiro atoms. The number of alkyl halides is 1. The van der Waals surface area contributed by atoms with Crippen LogP contribution in [-0.4, -0.2) is 28.8 Å². The molecule has 2 nitrogen and oxygen atoms in total. The van der Waals surface area contributed by atoms with Crippen LogP contribution in [0.2, 0.25) is 0 Å². The molecule has 0 rings (SSSR count). The number of likely N-dealkylation sites (N-methyl/N-ethyl adjacent to an activating group) is 1. The maximum Gasteiger partial charge on any atom is 0.245 e. The number of carbonyl (C=O) groups is 1. The molecule has 58 valence electrons. The first-order chi connectivity index (χ1) is 4.72. The van der Waals surface area contributed by atoms with E-state index in [1.807, 2.05) is 0 Å². The molecule has 0 atom stereocenters. The fourth-order valence-corrected chi connectivity index (χ4v) is 0.904. The van der Waals surface area contributed by atoms with Crippen molar-refractivity contribution in [2.24, 2.45) is 0 Å². The third-order valence-corrected chi connectivity index (χ3v) is 1.94. The molecule has 0 bridgehead atoms. The van der Waals surface area contributed by atoms with E-state index in [2.05, 4.69) is 29.2 Å². The predicted molar refractivity (Wildman–Crippen MR) is 51.3 cm³/mol. The number of hydrogen-bond acceptors (Lipinski definition) is 1. The van der Waals surface area contributed by atoms with Crippen LogP contribution in [0.15, 0.2) is 12.7 Å². The van der Waals surface area contributed by atoms with Crippen molar-refractivity contribution in [3.8, 4) is 0 Å². The van der Waals surface area contributed by atoms with E-state index in [9.17, 15) is 4.79 Å². The largest absolute Gasteiger partial charge is 0.342 e. The van der Waals surface area contributed by atoms with Crippen molar-refractivity contribution in [1.82, 2.24) is 4.90 Å². The van der Waals surface area contributed by atoms with E-state index in [1.54, 1.807) is 11.9 Å². The Morgan fingerprint density at radius 2 is 2.40 bits per heavy atom. The van der Waals surface area contributed by atoms with Gasteiger partial charge in [0.05, 0.1) is 0 Å². The van der Waals surface area contributed by atoms with Crippen LogP contribution in [0.3, 0.4) is 0 Å². The first-order valence-corrected chi connectivity index (χ1v) is 4.68. The number of rotatable bonds is 4. The number of carbonyl (C=O) groups excluding carboxylic acids is 1. The van der Waals surface area contributed by atoms with Crippen LogP contribution in [-0.2, 0) is 4.79 Å². The lowest BCUT2D eigenvalue weighted by molar-refractivity contribution is -0.124. The van der Waals surface area contributed by atoms with Crippen molar-refractivity contribution in [3.63, 3.8) is 0 Å². The Bertz CT molecular complexity index is 125. The molecule has 0 heterocycles. The summed E-state index contributed by atoms with van der Waals surface area (Å²) in [5.41, 5.74) is 0. The minimum Gasteiger partial charge on any atom is -0.342 e. The van der Waals surface area contributed by atoms with Gasteiger partial charge in [0.25, 0.3) is 0 Å². The number of hydrogen-bond donors (Lipinski definition) is 0. The highest BCUT2D eigenvalue weighted by Crippen LogP contribution is 1.92. The SMILES string of the molecule is C=CC(=O)N(C)CCCI. The summed E-state index contributed by atoms with van der Waals surface area (Å²) in [6, 6.07) is 0. The maximum absolute atomic E-state index is 10.8. The third kappa shape index (κ3) is 3.87. The molecule has 0 aliphatic carbocycles. The lowest BCUT2D eigenvalue weighted by atomic mass is 10.4. The zero-order valence-electron chi connectivity index (χ0n) is 6.14. The van der Waals surface area contributed by atoms with Crippen molar-refractivity contribution < 1.29 is 4.79 Å². The van der Waals surface area contributed by atoms with Crippen molar-refractivity contribution in [2.45, 2.75) is 6.42 Å². The zero-order valence-corrected chi connectivity index (χ0v) is 8.30. The van der Waals surface area contributed by atoms with E-state index in [1.165, 1.54) is 6.08 Å². The van der Waals surface area contributed by atoms with Crippen LogP contribution in [0.25, 0.3) is 0 Å². The Morgan fingerprint density at radius 1 is 1.80 bits per heavy atom. The minimum absolute atomic E-state index is 0.00449. The fourth-order valence-electron chi connectivity index (χ4n) is 0.563. The smallest absolute Gasteiger partial charge is 0.245 e. The summed E-state index contributed by atoms with van der Waals surface area (Å²) in [6.45, 7) is 4.22. The van der Waals surface area contributed by atoms with Crippen molar-refractivity contribution >= 4 is 28.5 Å². The minimum atomic E-state index is 0.00449. The lowest BCUT2D eigenvalue weighted by Gasteiger charge is -2.12. The molecular weight excluding hydrogens is 241 g/mol. The molecule has 0 aromatic rings. The highest BCUT2D eigenvalue weighted by Gasteiger charge is 2.00. The summed E-state index contributed by atoms with van der Waals surface area (Å²) >= 11 is 2.29. The van der Waals surface area contributed by atoms with Crippen molar-refractivity contribution in [3.05, 3.63) is 12.7 Å². The summed E-state index contributed by atoms with van der Waals surface area (Å²) < 4.78 is 1.09. The first-order valence-electron chi connectivity index (χ1n) is 3.16. The summed E-state index contributed by atoms with van der Waals surface area (Å²) in [5.74, 6) is 0.00449. The standard InChI is InChI=1S/C7H12INO/c1-3-7(10)9(2)6-4-5-8/h3H,1,4-6H2,2H3. The molecule has 0 saturated carbocycles. The highest BCUT2D eigenvalue weighted by molar-refractivity contribution is 14.1. The van der Waals surface area contributed by atoms with E-state index in [-0.39, 0.29) is 5.91 Å². The van der Waals surface area contributed by atoms with Gasteiger partial charge in [-0.05, 0) is 12.5 Å². The Hall–Kier alpha value is -0.0600. The summed E-state index contributed by atoms with van der Waals surface area (Å²) in [7, 11) is 1.79. The van der Waals surface area contributed by atoms with Crippen LogP contribution < -0.4 is 0 Å². The topological polar surface area (TPSA) is 20.3 Å². The Morgan fingerprint density at radius 3 is 2.80 bits per heavy atom. The second-order valence-corrected chi connectivity index (χ2v) is 3.09. The molecule has 1 amide bonds. The van der Waals surface area contributed by atoms with Crippen LogP contribution in [0.4, 0.5) is 0 Å². The molecule has 0 fully saturated rings. The lowest BCUT2D eigenvalue weighted by Crippen LogP contribution is -2.25. The summed E-state index contributed by atoms with van der Waals surface area (Å²) in [5, 5.41) is 0. The van der Waals surface area contributed by atoms with Gasteiger partial charge in [-0.1, -0.05) is 29.2 Å². The van der Waals surface area contributed by atoms with Crippen molar-refractivity contribution in [1.29, 1.82) is 0 Å². The van der Waals surface area contributed by atoms with E-state index < -0.39 is 0 Å². The summed E-state index contributed by atoms with van der Waals surface area (Å²) in [6.07, 6.45) is 2.39. The second kappa shape index (κ2) is 5.70. The second-order valence-electron chi connectivity index (χ2n) is 2.01. The molecule has 0 aliphatic rings. The molecule has 0 radical (unpaired) electrons. The van der Waals surface area contributed by atoms with Gasteiger partial charge >= 0.3 is 0 Å². The fraction of sp³-hybridized carbons (Fsp3) is 0.571. The molecule has 0 aromatic carbocycles. The molecule has 0 unspecified atom stereocenters. The van der Waals surface area contributed by atoms with Crippen LogP contribution in [0, 0.1) is 0 Å².